The van der Waals surface area contributed by atoms with Crippen molar-refractivity contribution < 1.29 is 0 Å². The molecule has 0 heteroatoms. The molecular weight excluding hydrogens is 528 g/mol. The van der Waals surface area contributed by atoms with Crippen molar-refractivity contribution in [3.05, 3.63) is 156 Å². The first-order valence-electron chi connectivity index (χ1n) is 15.6. The molecule has 0 unspecified atom stereocenters. The van der Waals surface area contributed by atoms with E-state index in [1.807, 2.05) is 0 Å². The van der Waals surface area contributed by atoms with Gasteiger partial charge in [0.05, 0.1) is 0 Å². The zero-order valence-corrected chi connectivity index (χ0v) is 24.4. The van der Waals surface area contributed by atoms with E-state index in [0.29, 0.717) is 0 Å². The Morgan fingerprint density at radius 1 is 0.318 bits per heavy atom. The summed E-state index contributed by atoms with van der Waals surface area (Å²) >= 11 is 0. The van der Waals surface area contributed by atoms with Gasteiger partial charge in [-0.3, -0.25) is 0 Å². The number of rotatable bonds is 3. The van der Waals surface area contributed by atoms with Gasteiger partial charge in [0.2, 0.25) is 0 Å². The van der Waals surface area contributed by atoms with E-state index < -0.39 is 0 Å². The van der Waals surface area contributed by atoms with Crippen LogP contribution in [-0.2, 0) is 0 Å². The van der Waals surface area contributed by atoms with Crippen LogP contribution in [0.25, 0.3) is 88.6 Å². The second kappa shape index (κ2) is 10.1. The molecule has 0 amide bonds. The molecule has 1 aliphatic rings. The standard InChI is InChI=1S/C44H30/c1-2-14-30(15-3-1)43-37-20-8-10-22-39(37)44(40-23-11-9-21-38(40)43)32-26-25-31-27-42(36-19-7-6-18-35(36)41(31)28-32)34-24-12-16-29-13-4-5-17-33(29)34/h1-5,8-28H,6-7H2. The van der Waals surface area contributed by atoms with Crippen molar-refractivity contribution in [3.63, 3.8) is 0 Å². The molecule has 8 aromatic rings. The van der Waals surface area contributed by atoms with Gasteiger partial charge in [-0.1, -0.05) is 146 Å². The third-order valence-electron chi connectivity index (χ3n) is 9.45. The van der Waals surface area contributed by atoms with Gasteiger partial charge < -0.3 is 0 Å². The molecule has 44 heavy (non-hydrogen) atoms. The highest BCUT2D eigenvalue weighted by molar-refractivity contribution is 6.21. The lowest BCUT2D eigenvalue weighted by Crippen LogP contribution is -2.29. The van der Waals surface area contributed by atoms with Crippen molar-refractivity contribution >= 4 is 55.2 Å². The van der Waals surface area contributed by atoms with Gasteiger partial charge in [0.1, 0.15) is 0 Å². The number of hydrogen-bond donors (Lipinski definition) is 0. The molecule has 0 spiro atoms. The Balaban J connectivity index is 1.35. The van der Waals surface area contributed by atoms with E-state index in [0.717, 1.165) is 12.8 Å². The average molecular weight is 559 g/mol. The van der Waals surface area contributed by atoms with Crippen LogP contribution in [0.1, 0.15) is 12.8 Å². The van der Waals surface area contributed by atoms with Gasteiger partial charge in [0.15, 0.2) is 0 Å². The van der Waals surface area contributed by atoms with E-state index in [-0.39, 0.29) is 0 Å². The fourth-order valence-electron chi connectivity index (χ4n) is 7.53. The van der Waals surface area contributed by atoms with E-state index in [1.165, 1.54) is 86.9 Å². The monoisotopic (exact) mass is 558 g/mol. The van der Waals surface area contributed by atoms with E-state index in [9.17, 15) is 0 Å². The number of benzene rings is 8. The van der Waals surface area contributed by atoms with Crippen LogP contribution in [0.2, 0.25) is 0 Å². The molecule has 0 radical (unpaired) electrons. The van der Waals surface area contributed by atoms with Gasteiger partial charge in [0.25, 0.3) is 0 Å². The highest BCUT2D eigenvalue weighted by atomic mass is 14.2. The quantitative estimate of drug-likeness (QED) is 0.189. The number of fused-ring (bicyclic) bond motifs is 6. The maximum absolute atomic E-state index is 2.46. The molecule has 0 aromatic heterocycles. The van der Waals surface area contributed by atoms with Gasteiger partial charge in [-0.15, -0.1) is 0 Å². The summed E-state index contributed by atoms with van der Waals surface area (Å²) in [5.74, 6) is 0. The summed E-state index contributed by atoms with van der Waals surface area (Å²) in [6.07, 6.45) is 7.07. The average Bonchev–Trinajstić information content (AvgIpc) is 3.10. The molecule has 0 saturated heterocycles. The lowest BCUT2D eigenvalue weighted by Gasteiger charge is -2.18. The molecule has 1 aliphatic carbocycles. The number of hydrogen-bond acceptors (Lipinski definition) is 0. The van der Waals surface area contributed by atoms with Crippen LogP contribution in [0.15, 0.2) is 146 Å². The maximum Gasteiger partial charge on any atom is -0.00261 e. The van der Waals surface area contributed by atoms with Gasteiger partial charge in [0, 0.05) is 0 Å². The Kier molecular flexibility index (Phi) is 5.74. The Labute approximate surface area is 256 Å². The van der Waals surface area contributed by atoms with Crippen molar-refractivity contribution in [2.24, 2.45) is 0 Å². The molecule has 0 heterocycles. The predicted octanol–water partition coefficient (Wildman–Crippen LogP) is 10.7. The molecule has 206 valence electrons. The first kappa shape index (κ1) is 25.1. The summed E-state index contributed by atoms with van der Waals surface area (Å²) in [6, 6.07) is 53.7. The SMILES string of the molecule is C1=c2c(-c3cccc4ccccc34)cc3ccc(-c4c5ccccc5c(-c5ccccc5)c5ccccc45)cc3c2=CCC1. The Hall–Kier alpha value is -5.46. The summed E-state index contributed by atoms with van der Waals surface area (Å²) in [5, 5.41) is 13.1. The summed E-state index contributed by atoms with van der Waals surface area (Å²) < 4.78 is 0. The van der Waals surface area contributed by atoms with E-state index in [2.05, 4.69) is 158 Å². The van der Waals surface area contributed by atoms with Gasteiger partial charge in [-0.25, -0.2) is 0 Å². The molecule has 0 N–H and O–H groups in total. The van der Waals surface area contributed by atoms with Crippen LogP contribution >= 0.6 is 0 Å². The third-order valence-corrected chi connectivity index (χ3v) is 9.45. The Bertz CT molecular complexity index is 2470. The molecule has 0 nitrogen and oxygen atoms in total. The van der Waals surface area contributed by atoms with Crippen molar-refractivity contribution in [1.82, 2.24) is 0 Å². The summed E-state index contributed by atoms with van der Waals surface area (Å²) in [7, 11) is 0. The second-order valence-corrected chi connectivity index (χ2v) is 11.9. The fraction of sp³-hybridized carbons (Fsp3) is 0.0455. The Morgan fingerprint density at radius 3 is 1.59 bits per heavy atom. The van der Waals surface area contributed by atoms with Crippen LogP contribution in [0.3, 0.4) is 0 Å². The summed E-state index contributed by atoms with van der Waals surface area (Å²) in [5.41, 5.74) is 7.78. The zero-order valence-electron chi connectivity index (χ0n) is 24.4. The molecule has 9 rings (SSSR count). The zero-order chi connectivity index (χ0) is 29.0. The first-order valence-corrected chi connectivity index (χ1v) is 15.6. The highest BCUT2D eigenvalue weighted by Gasteiger charge is 2.17. The minimum absolute atomic E-state index is 1.07. The van der Waals surface area contributed by atoms with E-state index >= 15 is 0 Å². The van der Waals surface area contributed by atoms with E-state index in [4.69, 9.17) is 0 Å². The third kappa shape index (κ3) is 3.85. The lowest BCUT2D eigenvalue weighted by atomic mass is 9.85. The fourth-order valence-corrected chi connectivity index (χ4v) is 7.53. The molecule has 8 aromatic carbocycles. The normalized spacial score (nSPS) is 12.7. The molecule has 0 fully saturated rings. The Morgan fingerprint density at radius 2 is 0.886 bits per heavy atom. The minimum Gasteiger partial charge on any atom is -0.0757 e. The van der Waals surface area contributed by atoms with Gasteiger partial charge >= 0.3 is 0 Å². The van der Waals surface area contributed by atoms with Crippen molar-refractivity contribution in [1.29, 1.82) is 0 Å². The summed E-state index contributed by atoms with van der Waals surface area (Å²) in [4.78, 5) is 0. The topological polar surface area (TPSA) is 0 Å². The van der Waals surface area contributed by atoms with Crippen molar-refractivity contribution in [2.45, 2.75) is 12.8 Å². The largest absolute Gasteiger partial charge is 0.0757 e. The van der Waals surface area contributed by atoms with Gasteiger partial charge in [-0.2, -0.15) is 0 Å². The van der Waals surface area contributed by atoms with Crippen LogP contribution < -0.4 is 10.4 Å². The molecule has 0 atom stereocenters. The van der Waals surface area contributed by atoms with Gasteiger partial charge in [-0.05, 0) is 112 Å². The lowest BCUT2D eigenvalue weighted by molar-refractivity contribution is 1.12. The second-order valence-electron chi connectivity index (χ2n) is 11.9. The van der Waals surface area contributed by atoms with Crippen molar-refractivity contribution in [2.75, 3.05) is 0 Å². The first-order chi connectivity index (χ1) is 21.8. The van der Waals surface area contributed by atoms with E-state index in [1.54, 1.807) is 0 Å². The minimum atomic E-state index is 1.07. The molecular formula is C44H30. The van der Waals surface area contributed by atoms with Crippen LogP contribution in [-0.4, -0.2) is 0 Å². The molecule has 0 bridgehead atoms. The predicted molar refractivity (Wildman–Crippen MR) is 190 cm³/mol. The molecule has 0 aliphatic heterocycles. The van der Waals surface area contributed by atoms with Crippen LogP contribution in [0.5, 0.6) is 0 Å². The van der Waals surface area contributed by atoms with Crippen molar-refractivity contribution in [3.8, 4) is 33.4 Å². The van der Waals surface area contributed by atoms with Crippen LogP contribution in [0, 0.1) is 0 Å². The highest BCUT2D eigenvalue weighted by Crippen LogP contribution is 2.44. The molecule has 0 saturated carbocycles. The maximum atomic E-state index is 2.46. The van der Waals surface area contributed by atoms with Crippen LogP contribution in [0.4, 0.5) is 0 Å². The smallest absolute Gasteiger partial charge is 0.00261 e. The summed E-state index contributed by atoms with van der Waals surface area (Å²) in [6.45, 7) is 0.